The van der Waals surface area contributed by atoms with Gasteiger partial charge in [0.15, 0.2) is 5.82 Å². The van der Waals surface area contributed by atoms with E-state index in [0.717, 1.165) is 26.8 Å². The summed E-state index contributed by atoms with van der Waals surface area (Å²) in [5, 5.41) is 5.23. The summed E-state index contributed by atoms with van der Waals surface area (Å²) < 4.78 is 2.70. The first-order chi connectivity index (χ1) is 8.24. The molecule has 3 rings (SSSR count). The van der Waals surface area contributed by atoms with Crippen molar-refractivity contribution in [2.45, 2.75) is 6.92 Å². The van der Waals surface area contributed by atoms with E-state index < -0.39 is 0 Å². The lowest BCUT2D eigenvalue weighted by atomic mass is 10.1. The van der Waals surface area contributed by atoms with Crippen LogP contribution in [-0.4, -0.2) is 19.7 Å². The Bertz CT molecular complexity index is 676. The zero-order valence-electron chi connectivity index (χ0n) is 9.13. The highest BCUT2D eigenvalue weighted by Gasteiger charge is 2.06. The maximum Gasteiger partial charge on any atom is 0.158 e. The SMILES string of the molecule is Cc1cc2ccc(Br)cc2nc1-n1cncn1. The molecule has 0 saturated carbocycles. The average molecular weight is 289 g/mol. The molecule has 5 heteroatoms. The Hall–Kier alpha value is -1.75. The molecule has 0 bridgehead atoms. The van der Waals surface area contributed by atoms with Gasteiger partial charge in [-0.3, -0.25) is 0 Å². The van der Waals surface area contributed by atoms with Crippen LogP contribution in [0.5, 0.6) is 0 Å². The first-order valence-electron chi connectivity index (χ1n) is 5.16. The normalized spacial score (nSPS) is 10.9. The van der Waals surface area contributed by atoms with Crippen LogP contribution in [0, 0.1) is 6.92 Å². The van der Waals surface area contributed by atoms with E-state index in [0.29, 0.717) is 0 Å². The quantitative estimate of drug-likeness (QED) is 0.692. The van der Waals surface area contributed by atoms with Crippen molar-refractivity contribution in [3.63, 3.8) is 0 Å². The topological polar surface area (TPSA) is 43.6 Å². The maximum atomic E-state index is 4.61. The van der Waals surface area contributed by atoms with Gasteiger partial charge in [-0.2, -0.15) is 5.10 Å². The molecular weight excluding hydrogens is 280 g/mol. The third-order valence-electron chi connectivity index (χ3n) is 2.58. The number of hydrogen-bond donors (Lipinski definition) is 0. The Morgan fingerprint density at radius 2 is 2.12 bits per heavy atom. The van der Waals surface area contributed by atoms with Gasteiger partial charge >= 0.3 is 0 Å². The van der Waals surface area contributed by atoms with Crippen LogP contribution < -0.4 is 0 Å². The maximum absolute atomic E-state index is 4.61. The molecular formula is C12H9BrN4. The second-order valence-corrected chi connectivity index (χ2v) is 4.72. The molecule has 0 radical (unpaired) electrons. The molecule has 0 spiro atoms. The Labute approximate surface area is 106 Å². The highest BCUT2D eigenvalue weighted by molar-refractivity contribution is 9.10. The van der Waals surface area contributed by atoms with Crippen LogP contribution in [0.4, 0.5) is 0 Å². The molecule has 2 heterocycles. The number of aryl methyl sites for hydroxylation is 1. The van der Waals surface area contributed by atoms with E-state index >= 15 is 0 Å². The summed E-state index contributed by atoms with van der Waals surface area (Å²) >= 11 is 3.45. The number of hydrogen-bond acceptors (Lipinski definition) is 3. The molecule has 3 aromatic rings. The standard InChI is InChI=1S/C12H9BrN4/c1-8-4-9-2-3-10(13)5-11(9)16-12(8)17-7-14-6-15-17/h2-7H,1H3. The molecule has 2 aromatic heterocycles. The van der Waals surface area contributed by atoms with Crippen molar-refractivity contribution in [3.05, 3.63) is 47.0 Å². The van der Waals surface area contributed by atoms with E-state index in [9.17, 15) is 0 Å². The van der Waals surface area contributed by atoms with Crippen LogP contribution >= 0.6 is 15.9 Å². The van der Waals surface area contributed by atoms with Crippen molar-refractivity contribution in [1.29, 1.82) is 0 Å². The fourth-order valence-corrected chi connectivity index (χ4v) is 2.13. The number of aromatic nitrogens is 4. The van der Waals surface area contributed by atoms with Crippen LogP contribution in [0.1, 0.15) is 5.56 Å². The first-order valence-corrected chi connectivity index (χ1v) is 5.95. The predicted molar refractivity (Wildman–Crippen MR) is 69.1 cm³/mol. The van der Waals surface area contributed by atoms with Crippen LogP contribution in [0.25, 0.3) is 16.7 Å². The van der Waals surface area contributed by atoms with E-state index in [-0.39, 0.29) is 0 Å². The Morgan fingerprint density at radius 3 is 2.88 bits per heavy atom. The lowest BCUT2D eigenvalue weighted by Gasteiger charge is -2.06. The lowest BCUT2D eigenvalue weighted by molar-refractivity contribution is 0.842. The van der Waals surface area contributed by atoms with Gasteiger partial charge in [0, 0.05) is 9.86 Å². The molecule has 1 aromatic carbocycles. The second kappa shape index (κ2) is 3.92. The summed E-state index contributed by atoms with van der Waals surface area (Å²) in [6, 6.07) is 8.16. The third kappa shape index (κ3) is 1.82. The molecule has 4 nitrogen and oxygen atoms in total. The first kappa shape index (κ1) is 10.4. The molecule has 0 N–H and O–H groups in total. The highest BCUT2D eigenvalue weighted by Crippen LogP contribution is 2.21. The molecule has 17 heavy (non-hydrogen) atoms. The minimum Gasteiger partial charge on any atom is -0.228 e. The van der Waals surface area contributed by atoms with Crippen LogP contribution in [0.15, 0.2) is 41.4 Å². The molecule has 0 aliphatic carbocycles. The zero-order valence-corrected chi connectivity index (χ0v) is 10.7. The minimum atomic E-state index is 0.813. The monoisotopic (exact) mass is 288 g/mol. The van der Waals surface area contributed by atoms with E-state index in [2.05, 4.69) is 37.1 Å². The summed E-state index contributed by atoms with van der Waals surface area (Å²) in [6.45, 7) is 2.02. The van der Waals surface area contributed by atoms with Crippen molar-refractivity contribution < 1.29 is 0 Å². The van der Waals surface area contributed by atoms with Crippen molar-refractivity contribution in [2.24, 2.45) is 0 Å². The molecule has 0 aliphatic rings. The van der Waals surface area contributed by atoms with E-state index in [1.807, 2.05) is 25.1 Å². The largest absolute Gasteiger partial charge is 0.228 e. The van der Waals surface area contributed by atoms with Gasteiger partial charge in [-0.05, 0) is 30.7 Å². The molecule has 0 unspecified atom stereocenters. The van der Waals surface area contributed by atoms with Gasteiger partial charge in [0.1, 0.15) is 12.7 Å². The van der Waals surface area contributed by atoms with Gasteiger partial charge in [-0.1, -0.05) is 22.0 Å². The van der Waals surface area contributed by atoms with Crippen LogP contribution in [-0.2, 0) is 0 Å². The molecule has 0 aliphatic heterocycles. The number of nitrogens with zero attached hydrogens (tertiary/aromatic N) is 4. The summed E-state index contributed by atoms with van der Waals surface area (Å²) in [4.78, 5) is 8.55. The van der Waals surface area contributed by atoms with Crippen LogP contribution in [0.2, 0.25) is 0 Å². The second-order valence-electron chi connectivity index (χ2n) is 3.81. The average Bonchev–Trinajstić information content (AvgIpc) is 2.82. The van der Waals surface area contributed by atoms with Crippen molar-refractivity contribution >= 4 is 26.8 Å². The molecule has 0 atom stereocenters. The van der Waals surface area contributed by atoms with Gasteiger partial charge in [0.25, 0.3) is 0 Å². The summed E-state index contributed by atoms with van der Waals surface area (Å²) in [7, 11) is 0. The smallest absolute Gasteiger partial charge is 0.158 e. The van der Waals surface area contributed by atoms with Crippen LogP contribution in [0.3, 0.4) is 0 Å². The molecule has 0 fully saturated rings. The fourth-order valence-electron chi connectivity index (χ4n) is 1.79. The summed E-state index contributed by atoms with van der Waals surface area (Å²) in [6.07, 6.45) is 3.16. The number of halogens is 1. The molecule has 84 valence electrons. The Morgan fingerprint density at radius 1 is 1.24 bits per heavy atom. The van der Waals surface area contributed by atoms with Crippen molar-refractivity contribution in [3.8, 4) is 5.82 Å². The summed E-state index contributed by atoms with van der Waals surface area (Å²) in [5.41, 5.74) is 2.01. The number of rotatable bonds is 1. The van der Waals surface area contributed by atoms with Gasteiger partial charge in [0.2, 0.25) is 0 Å². The summed E-state index contributed by atoms with van der Waals surface area (Å²) in [5.74, 6) is 0.813. The van der Waals surface area contributed by atoms with Crippen molar-refractivity contribution in [2.75, 3.05) is 0 Å². The van der Waals surface area contributed by atoms with E-state index in [4.69, 9.17) is 0 Å². The van der Waals surface area contributed by atoms with Gasteiger partial charge in [-0.15, -0.1) is 0 Å². The van der Waals surface area contributed by atoms with Crippen molar-refractivity contribution in [1.82, 2.24) is 19.7 Å². The Kier molecular flexibility index (Phi) is 2.40. The van der Waals surface area contributed by atoms with E-state index in [1.54, 1.807) is 11.0 Å². The number of pyridine rings is 1. The van der Waals surface area contributed by atoms with Gasteiger partial charge in [-0.25, -0.2) is 14.6 Å². The minimum absolute atomic E-state index is 0.813. The van der Waals surface area contributed by atoms with Gasteiger partial charge < -0.3 is 0 Å². The molecule has 0 amide bonds. The third-order valence-corrected chi connectivity index (χ3v) is 3.07. The molecule has 0 saturated heterocycles. The number of benzene rings is 1. The highest BCUT2D eigenvalue weighted by atomic mass is 79.9. The zero-order chi connectivity index (χ0) is 11.8. The lowest BCUT2D eigenvalue weighted by Crippen LogP contribution is -2.01. The predicted octanol–water partition coefficient (Wildman–Crippen LogP) is 2.89. The Balaban J connectivity index is 2.29. The van der Waals surface area contributed by atoms with E-state index in [1.165, 1.54) is 6.33 Å². The number of fused-ring (bicyclic) bond motifs is 1. The fraction of sp³-hybridized carbons (Fsp3) is 0.0833. The van der Waals surface area contributed by atoms with Gasteiger partial charge in [0.05, 0.1) is 5.52 Å².